The fraction of sp³-hybridized carbons (Fsp3) is 0.458. The molecule has 8 heteroatoms. The summed E-state index contributed by atoms with van der Waals surface area (Å²) in [6.45, 7) is -0.130. The zero-order valence-electron chi connectivity index (χ0n) is 18.3. The summed E-state index contributed by atoms with van der Waals surface area (Å²) >= 11 is 1.71. The Balaban J connectivity index is 1.51. The Morgan fingerprint density at radius 3 is 2.59 bits per heavy atom. The summed E-state index contributed by atoms with van der Waals surface area (Å²) in [5.74, 6) is 2.93. The summed E-state index contributed by atoms with van der Waals surface area (Å²) in [6, 6.07) is 7.65. The maximum Gasteiger partial charge on any atom is 0.241 e. The largest absolute Gasteiger partial charge is 0.493 e. The van der Waals surface area contributed by atoms with Crippen molar-refractivity contribution in [3.63, 3.8) is 0 Å². The highest BCUT2D eigenvalue weighted by Crippen LogP contribution is 2.51. The van der Waals surface area contributed by atoms with Crippen LogP contribution in [0.2, 0.25) is 0 Å². The SMILES string of the molecule is COc1cc2c(cc1OC)C(CO)N1C(=O)[C@@H]3Cc4cc5c(cc4[C@H](C1C2)N3C)SCO5. The van der Waals surface area contributed by atoms with E-state index in [2.05, 4.69) is 24.1 Å². The number of piperazine rings is 1. The number of amides is 1. The van der Waals surface area contributed by atoms with Crippen LogP contribution in [0.25, 0.3) is 0 Å². The highest BCUT2D eigenvalue weighted by molar-refractivity contribution is 7.99. The summed E-state index contributed by atoms with van der Waals surface area (Å²) < 4.78 is 16.8. The van der Waals surface area contributed by atoms with Crippen molar-refractivity contribution >= 4 is 17.7 Å². The number of hydrogen-bond donors (Lipinski definition) is 1. The minimum absolute atomic E-state index is 0.0586. The number of rotatable bonds is 3. The average Bonchev–Trinajstić information content (AvgIpc) is 3.26. The van der Waals surface area contributed by atoms with Crippen LogP contribution in [0.4, 0.5) is 0 Å². The van der Waals surface area contributed by atoms with Crippen molar-refractivity contribution in [2.75, 3.05) is 33.8 Å². The molecule has 2 aromatic rings. The molecule has 2 unspecified atom stereocenters. The topological polar surface area (TPSA) is 71.5 Å². The highest BCUT2D eigenvalue weighted by Gasteiger charge is 2.53. The van der Waals surface area contributed by atoms with Gasteiger partial charge in [-0.25, -0.2) is 0 Å². The van der Waals surface area contributed by atoms with E-state index in [4.69, 9.17) is 14.2 Å². The molecule has 4 atom stereocenters. The summed E-state index contributed by atoms with van der Waals surface area (Å²) in [5.41, 5.74) is 4.50. The van der Waals surface area contributed by atoms with E-state index in [1.54, 1.807) is 26.0 Å². The lowest BCUT2D eigenvalue weighted by Crippen LogP contribution is -2.66. The number of methoxy groups -OCH3 is 2. The van der Waals surface area contributed by atoms with Crippen LogP contribution in [0, 0.1) is 0 Å². The molecule has 168 valence electrons. The number of hydrogen-bond acceptors (Lipinski definition) is 7. The second-order valence-corrected chi connectivity index (χ2v) is 9.82. The first kappa shape index (κ1) is 20.2. The Morgan fingerprint density at radius 2 is 1.84 bits per heavy atom. The molecule has 2 bridgehead atoms. The number of nitrogens with zero attached hydrogens (tertiary/aromatic N) is 2. The number of carbonyl (C=O) groups excluding carboxylic acids is 1. The van der Waals surface area contributed by atoms with Crippen molar-refractivity contribution in [1.82, 2.24) is 9.80 Å². The molecule has 4 aliphatic rings. The molecular formula is C24H26N2O5S. The van der Waals surface area contributed by atoms with Crippen LogP contribution >= 0.6 is 11.8 Å². The van der Waals surface area contributed by atoms with Gasteiger partial charge in [0.05, 0.1) is 49.9 Å². The van der Waals surface area contributed by atoms with Gasteiger partial charge in [0.25, 0.3) is 0 Å². The maximum absolute atomic E-state index is 13.8. The lowest BCUT2D eigenvalue weighted by Gasteiger charge is -2.57. The predicted molar refractivity (Wildman–Crippen MR) is 120 cm³/mol. The molecule has 2 aromatic carbocycles. The van der Waals surface area contributed by atoms with Gasteiger partial charge in [0.15, 0.2) is 11.5 Å². The van der Waals surface area contributed by atoms with Crippen LogP contribution in [0.3, 0.4) is 0 Å². The van der Waals surface area contributed by atoms with E-state index >= 15 is 0 Å². The first-order valence-corrected chi connectivity index (χ1v) is 11.9. The standard InChI is InChI=1S/C24H26N2O5S/c1-25-17-5-13-7-21-22(32-11-31-21)9-15(13)23(25)16-4-12-6-19(29-2)20(30-3)8-14(12)18(10-27)26(16)24(17)28/h6-9,16-18,23,27H,4-5,10-11H2,1-3H3/t16?,17-,18?,23+/m0/s1. The van der Waals surface area contributed by atoms with Crippen molar-refractivity contribution in [1.29, 1.82) is 0 Å². The number of likely N-dealkylation sites (N-methyl/N-ethyl adjacent to an activating group) is 1. The van der Waals surface area contributed by atoms with Crippen LogP contribution in [-0.2, 0) is 17.6 Å². The minimum atomic E-state index is -0.400. The smallest absolute Gasteiger partial charge is 0.241 e. The van der Waals surface area contributed by atoms with E-state index in [-0.39, 0.29) is 30.6 Å². The zero-order valence-corrected chi connectivity index (χ0v) is 19.1. The van der Waals surface area contributed by atoms with Crippen molar-refractivity contribution < 1.29 is 24.1 Å². The van der Waals surface area contributed by atoms with E-state index in [1.807, 2.05) is 17.0 Å². The van der Waals surface area contributed by atoms with Gasteiger partial charge in [0.2, 0.25) is 5.91 Å². The molecule has 1 N–H and O–H groups in total. The second kappa shape index (κ2) is 7.30. The van der Waals surface area contributed by atoms with Crippen molar-refractivity contribution in [3.8, 4) is 17.2 Å². The van der Waals surface area contributed by atoms with Crippen LogP contribution in [-0.4, -0.2) is 66.7 Å². The molecular weight excluding hydrogens is 428 g/mol. The number of benzene rings is 2. The molecule has 32 heavy (non-hydrogen) atoms. The summed E-state index contributed by atoms with van der Waals surface area (Å²) in [7, 11) is 5.29. The Kier molecular flexibility index (Phi) is 4.61. The number of aliphatic hydroxyl groups excluding tert-OH is 1. The van der Waals surface area contributed by atoms with Gasteiger partial charge in [-0.05, 0) is 66.4 Å². The Bertz CT molecular complexity index is 1120. The van der Waals surface area contributed by atoms with Crippen LogP contribution in [0.1, 0.15) is 34.3 Å². The summed E-state index contributed by atoms with van der Waals surface area (Å²) in [6.07, 6.45) is 1.35. The molecule has 1 fully saturated rings. The van der Waals surface area contributed by atoms with Gasteiger partial charge in [-0.3, -0.25) is 9.69 Å². The third-order valence-electron chi connectivity index (χ3n) is 7.50. The van der Waals surface area contributed by atoms with E-state index < -0.39 is 6.04 Å². The number of thioether (sulfide) groups is 1. The predicted octanol–water partition coefficient (Wildman–Crippen LogP) is 2.54. The fourth-order valence-electron chi connectivity index (χ4n) is 6.03. The molecule has 0 aromatic heterocycles. The van der Waals surface area contributed by atoms with Gasteiger partial charge in [-0.2, -0.15) is 0 Å². The minimum Gasteiger partial charge on any atom is -0.493 e. The van der Waals surface area contributed by atoms with Gasteiger partial charge in [-0.1, -0.05) is 11.8 Å². The maximum atomic E-state index is 13.8. The lowest BCUT2D eigenvalue weighted by atomic mass is 9.75. The van der Waals surface area contributed by atoms with E-state index in [9.17, 15) is 9.90 Å². The Morgan fingerprint density at radius 1 is 1.09 bits per heavy atom. The lowest BCUT2D eigenvalue weighted by molar-refractivity contribution is -0.158. The monoisotopic (exact) mass is 454 g/mol. The highest BCUT2D eigenvalue weighted by atomic mass is 32.2. The quantitative estimate of drug-likeness (QED) is 0.764. The van der Waals surface area contributed by atoms with Gasteiger partial charge in [0.1, 0.15) is 11.7 Å². The molecule has 4 aliphatic heterocycles. The number of aliphatic hydroxyl groups is 1. The van der Waals surface area contributed by atoms with Gasteiger partial charge in [-0.15, -0.1) is 0 Å². The molecule has 1 saturated heterocycles. The third-order valence-corrected chi connectivity index (χ3v) is 8.37. The third kappa shape index (κ3) is 2.66. The number of ether oxygens (including phenoxy) is 3. The molecule has 6 rings (SSSR count). The van der Waals surface area contributed by atoms with Crippen molar-refractivity contribution in [3.05, 3.63) is 46.5 Å². The zero-order chi connectivity index (χ0) is 22.1. The second-order valence-electron chi connectivity index (χ2n) is 8.86. The summed E-state index contributed by atoms with van der Waals surface area (Å²) in [5, 5.41) is 10.4. The molecule has 0 radical (unpaired) electrons. The van der Waals surface area contributed by atoms with Gasteiger partial charge >= 0.3 is 0 Å². The molecule has 4 heterocycles. The normalized spacial score (nSPS) is 27.8. The van der Waals surface area contributed by atoms with Crippen molar-refractivity contribution in [2.45, 2.75) is 41.9 Å². The number of carbonyl (C=O) groups is 1. The first-order chi connectivity index (χ1) is 15.5. The molecule has 0 aliphatic carbocycles. The van der Waals surface area contributed by atoms with Crippen molar-refractivity contribution in [2.24, 2.45) is 0 Å². The van der Waals surface area contributed by atoms with Crippen LogP contribution in [0.15, 0.2) is 29.2 Å². The fourth-order valence-corrected chi connectivity index (χ4v) is 6.81. The number of fused-ring (bicyclic) bond motifs is 8. The van der Waals surface area contributed by atoms with Crippen LogP contribution in [0.5, 0.6) is 17.2 Å². The first-order valence-electron chi connectivity index (χ1n) is 10.9. The molecule has 0 saturated carbocycles. The molecule has 0 spiro atoms. The molecule has 7 nitrogen and oxygen atoms in total. The Hall–Kier alpha value is -2.42. The van der Waals surface area contributed by atoms with Crippen LogP contribution < -0.4 is 14.2 Å². The van der Waals surface area contributed by atoms with E-state index in [0.29, 0.717) is 30.3 Å². The van der Waals surface area contributed by atoms with E-state index in [1.165, 1.54) is 16.0 Å². The van der Waals surface area contributed by atoms with Gasteiger partial charge in [0, 0.05) is 0 Å². The van der Waals surface area contributed by atoms with Gasteiger partial charge < -0.3 is 24.2 Å². The summed E-state index contributed by atoms with van der Waals surface area (Å²) in [4.78, 5) is 19.1. The Labute approximate surface area is 191 Å². The average molecular weight is 455 g/mol. The molecule has 1 amide bonds. The van der Waals surface area contributed by atoms with E-state index in [0.717, 1.165) is 16.9 Å².